The zero-order valence-electron chi connectivity index (χ0n) is 25.2. The van der Waals surface area contributed by atoms with E-state index in [4.69, 9.17) is 9.29 Å². The lowest BCUT2D eigenvalue weighted by Gasteiger charge is -2.36. The molecule has 0 saturated heterocycles. The molecule has 0 bridgehead atoms. The summed E-state index contributed by atoms with van der Waals surface area (Å²) in [6.07, 6.45) is 2.24. The Labute approximate surface area is 255 Å². The van der Waals surface area contributed by atoms with Crippen molar-refractivity contribution < 1.29 is 22.5 Å². The number of amides is 1. The van der Waals surface area contributed by atoms with Gasteiger partial charge in [-0.25, -0.2) is 0 Å². The molecule has 1 atom stereocenters. The van der Waals surface area contributed by atoms with Crippen molar-refractivity contribution >= 4 is 21.7 Å². The van der Waals surface area contributed by atoms with Gasteiger partial charge >= 0.3 is 0 Å². The Morgan fingerprint density at radius 2 is 1.58 bits per heavy atom. The van der Waals surface area contributed by atoms with Gasteiger partial charge in [-0.05, 0) is 92.4 Å². The molecule has 1 N–H and O–H groups in total. The van der Waals surface area contributed by atoms with Crippen LogP contribution in [0.25, 0.3) is 11.1 Å². The summed E-state index contributed by atoms with van der Waals surface area (Å²) in [5, 5.41) is 0. The molecule has 1 aliphatic rings. The van der Waals surface area contributed by atoms with E-state index >= 15 is 0 Å². The molecule has 7 nitrogen and oxygen atoms in total. The molecule has 226 valence electrons. The summed E-state index contributed by atoms with van der Waals surface area (Å²) < 4.78 is 34.8. The third-order valence-corrected chi connectivity index (χ3v) is 8.37. The molecule has 1 aliphatic heterocycles. The Hall–Kier alpha value is -3.98. The van der Waals surface area contributed by atoms with E-state index in [1.165, 1.54) is 28.8 Å². The van der Waals surface area contributed by atoms with E-state index in [9.17, 15) is 13.2 Å². The highest BCUT2D eigenvalue weighted by Crippen LogP contribution is 2.31. The number of ether oxygens (including phenoxy) is 1. The predicted octanol–water partition coefficient (Wildman–Crippen LogP) is 6.30. The molecule has 4 aromatic carbocycles. The average molecular weight is 601 g/mol. The van der Waals surface area contributed by atoms with Crippen LogP contribution in [0.15, 0.2) is 102 Å². The van der Waals surface area contributed by atoms with Crippen molar-refractivity contribution in [3.8, 4) is 16.9 Å². The Bertz CT molecular complexity index is 1620. The lowest BCUT2D eigenvalue weighted by Crippen LogP contribution is -2.43. The summed E-state index contributed by atoms with van der Waals surface area (Å²) in [5.41, 5.74) is 6.82. The van der Waals surface area contributed by atoms with Gasteiger partial charge in [0.25, 0.3) is 10.1 Å². The number of para-hydroxylation sites is 1. The van der Waals surface area contributed by atoms with Crippen molar-refractivity contribution in [2.24, 2.45) is 5.92 Å². The fraction of sp³-hybridized carbons (Fsp3) is 0.286. The molecule has 5 rings (SSSR count). The first-order valence-electron chi connectivity index (χ1n) is 14.3. The van der Waals surface area contributed by atoms with E-state index < -0.39 is 10.1 Å². The van der Waals surface area contributed by atoms with Crippen LogP contribution in [-0.4, -0.2) is 58.1 Å². The SMILES string of the molecule is COc1ccc(-c2ccccc2CCC(=O)N2CC(CN(C)C)Cc3ccccc32)cc1.Cc1ccc(S(=O)(=O)O)cc1. The van der Waals surface area contributed by atoms with Gasteiger partial charge in [0.2, 0.25) is 5.91 Å². The van der Waals surface area contributed by atoms with Gasteiger partial charge in [0, 0.05) is 25.2 Å². The van der Waals surface area contributed by atoms with Crippen LogP contribution in [0.2, 0.25) is 0 Å². The van der Waals surface area contributed by atoms with Crippen LogP contribution in [0.5, 0.6) is 5.75 Å². The van der Waals surface area contributed by atoms with E-state index in [0.717, 1.165) is 48.5 Å². The minimum absolute atomic E-state index is 0.0666. The summed E-state index contributed by atoms with van der Waals surface area (Å²) in [5.74, 6) is 1.50. The van der Waals surface area contributed by atoms with E-state index in [0.29, 0.717) is 12.3 Å². The smallest absolute Gasteiger partial charge is 0.294 e. The van der Waals surface area contributed by atoms with Gasteiger partial charge in [-0.15, -0.1) is 0 Å². The van der Waals surface area contributed by atoms with E-state index in [2.05, 4.69) is 73.6 Å². The quantitative estimate of drug-likeness (QED) is 0.239. The predicted molar refractivity (Wildman–Crippen MR) is 172 cm³/mol. The number of hydrogen-bond donors (Lipinski definition) is 1. The van der Waals surface area contributed by atoms with Gasteiger partial charge in [0.05, 0.1) is 12.0 Å². The van der Waals surface area contributed by atoms with Crippen LogP contribution in [-0.2, 0) is 27.8 Å². The third kappa shape index (κ3) is 8.76. The lowest BCUT2D eigenvalue weighted by atomic mass is 9.91. The van der Waals surface area contributed by atoms with Crippen LogP contribution < -0.4 is 9.64 Å². The maximum atomic E-state index is 13.4. The molecule has 1 unspecified atom stereocenters. The van der Waals surface area contributed by atoms with Crippen molar-refractivity contribution in [3.63, 3.8) is 0 Å². The Kier molecular flexibility index (Phi) is 10.7. The van der Waals surface area contributed by atoms with Crippen molar-refractivity contribution in [1.82, 2.24) is 4.90 Å². The van der Waals surface area contributed by atoms with Crippen molar-refractivity contribution in [1.29, 1.82) is 0 Å². The highest BCUT2D eigenvalue weighted by Gasteiger charge is 2.28. The van der Waals surface area contributed by atoms with E-state index in [-0.39, 0.29) is 10.8 Å². The van der Waals surface area contributed by atoms with Crippen LogP contribution in [0, 0.1) is 12.8 Å². The molecule has 0 fully saturated rings. The number of aryl methyl sites for hydroxylation is 2. The molecular formula is C35H40N2O5S. The largest absolute Gasteiger partial charge is 0.497 e. The first-order valence-corrected chi connectivity index (χ1v) is 15.8. The Balaban J connectivity index is 0.000000324. The van der Waals surface area contributed by atoms with Gasteiger partial charge < -0.3 is 14.5 Å². The lowest BCUT2D eigenvalue weighted by molar-refractivity contribution is -0.118. The number of rotatable bonds is 8. The molecule has 4 aromatic rings. The van der Waals surface area contributed by atoms with E-state index in [1.54, 1.807) is 19.2 Å². The minimum Gasteiger partial charge on any atom is -0.497 e. The number of anilines is 1. The number of benzene rings is 4. The summed E-state index contributed by atoms with van der Waals surface area (Å²) in [6, 6.07) is 30.8. The first-order chi connectivity index (χ1) is 20.5. The summed E-state index contributed by atoms with van der Waals surface area (Å²) in [4.78, 5) is 17.6. The van der Waals surface area contributed by atoms with E-state index in [1.807, 2.05) is 30.0 Å². The normalized spacial score (nSPS) is 14.5. The van der Waals surface area contributed by atoms with Crippen molar-refractivity contribution in [2.45, 2.75) is 31.1 Å². The summed E-state index contributed by atoms with van der Waals surface area (Å²) in [7, 11) is 1.86. The number of hydrogen-bond acceptors (Lipinski definition) is 5. The fourth-order valence-electron chi connectivity index (χ4n) is 5.43. The van der Waals surface area contributed by atoms with Gasteiger partial charge in [-0.3, -0.25) is 9.35 Å². The molecule has 1 amide bonds. The Morgan fingerprint density at radius 3 is 2.23 bits per heavy atom. The zero-order valence-corrected chi connectivity index (χ0v) is 26.0. The third-order valence-electron chi connectivity index (χ3n) is 7.50. The van der Waals surface area contributed by atoms with Crippen molar-refractivity contribution in [3.05, 3.63) is 114 Å². The average Bonchev–Trinajstić information content (AvgIpc) is 2.99. The second kappa shape index (κ2) is 14.5. The minimum atomic E-state index is -4.02. The molecule has 0 saturated carbocycles. The summed E-state index contributed by atoms with van der Waals surface area (Å²) in [6.45, 7) is 3.61. The molecule has 8 heteroatoms. The standard InChI is InChI=1S/C28H32N2O2.C7H8O3S/c1-29(2)19-21-18-24-9-5-7-11-27(24)30(20-21)28(31)17-14-22-8-4-6-10-26(22)23-12-15-25(32-3)16-13-23;1-6-2-4-7(5-3-6)11(8,9)10/h4-13,15-16,21H,14,17-20H2,1-3H3;2-5H,1H3,(H,8,9,10). The summed E-state index contributed by atoms with van der Waals surface area (Å²) >= 11 is 0. The van der Waals surface area contributed by atoms with Gasteiger partial charge in [-0.2, -0.15) is 8.42 Å². The number of fused-ring (bicyclic) bond motifs is 1. The first kappa shape index (κ1) is 31.9. The maximum Gasteiger partial charge on any atom is 0.294 e. The fourth-order valence-corrected chi connectivity index (χ4v) is 5.91. The van der Waals surface area contributed by atoms with Crippen LogP contribution in [0.3, 0.4) is 0 Å². The molecule has 0 spiro atoms. The number of nitrogens with zero attached hydrogens (tertiary/aromatic N) is 2. The number of methoxy groups -OCH3 is 1. The van der Waals surface area contributed by atoms with Crippen LogP contribution in [0.4, 0.5) is 5.69 Å². The molecule has 43 heavy (non-hydrogen) atoms. The van der Waals surface area contributed by atoms with Crippen molar-refractivity contribution in [2.75, 3.05) is 39.2 Å². The molecule has 0 aliphatic carbocycles. The molecule has 1 heterocycles. The number of carbonyl (C=O) groups is 1. The highest BCUT2D eigenvalue weighted by molar-refractivity contribution is 7.85. The molecule has 0 radical (unpaired) electrons. The van der Waals surface area contributed by atoms with Crippen LogP contribution in [0.1, 0.15) is 23.1 Å². The maximum absolute atomic E-state index is 13.4. The molecular weight excluding hydrogens is 560 g/mol. The van der Waals surface area contributed by atoms with Gasteiger partial charge in [0.15, 0.2) is 0 Å². The second-order valence-electron chi connectivity index (χ2n) is 11.1. The zero-order chi connectivity index (χ0) is 31.0. The monoisotopic (exact) mass is 600 g/mol. The van der Waals surface area contributed by atoms with Gasteiger partial charge in [0.1, 0.15) is 5.75 Å². The Morgan fingerprint density at radius 1 is 0.930 bits per heavy atom. The second-order valence-corrected chi connectivity index (χ2v) is 12.6. The highest BCUT2D eigenvalue weighted by atomic mass is 32.2. The number of carbonyl (C=O) groups excluding carboxylic acids is 1. The van der Waals surface area contributed by atoms with Gasteiger partial charge in [-0.1, -0.05) is 72.3 Å². The van der Waals surface area contributed by atoms with Crippen LogP contribution >= 0.6 is 0 Å². The topological polar surface area (TPSA) is 87.2 Å². The molecule has 0 aromatic heterocycles.